The van der Waals surface area contributed by atoms with E-state index in [9.17, 15) is 14.9 Å². The molecule has 8 heteroatoms. The van der Waals surface area contributed by atoms with Gasteiger partial charge in [0.15, 0.2) is 11.5 Å². The molecule has 1 heterocycles. The van der Waals surface area contributed by atoms with Gasteiger partial charge in [-0.1, -0.05) is 18.2 Å². The molecule has 1 fully saturated rings. The first-order chi connectivity index (χ1) is 13.5. The number of nitriles is 1. The molecular weight excluding hydrogens is 473 g/mol. The molecule has 142 valence electrons. The van der Waals surface area contributed by atoms with Crippen LogP contribution in [0.1, 0.15) is 23.6 Å². The lowest BCUT2D eigenvalue weighted by Gasteiger charge is -2.15. The van der Waals surface area contributed by atoms with Crippen LogP contribution in [0.3, 0.4) is 0 Å². The topological polar surface area (TPSA) is 100 Å². The highest BCUT2D eigenvalue weighted by Crippen LogP contribution is 2.35. The number of carbonyl (C=O) groups excluding carboxylic acids is 2. The van der Waals surface area contributed by atoms with Crippen molar-refractivity contribution in [2.45, 2.75) is 13.5 Å². The van der Waals surface area contributed by atoms with Gasteiger partial charge in [-0.3, -0.25) is 10.1 Å². The van der Waals surface area contributed by atoms with E-state index in [-0.39, 0.29) is 12.3 Å². The summed E-state index contributed by atoms with van der Waals surface area (Å²) in [6.07, 6.45) is 1.57. The van der Waals surface area contributed by atoms with Crippen LogP contribution >= 0.6 is 22.6 Å². The number of amides is 3. The number of halogens is 1. The number of urea groups is 1. The summed E-state index contributed by atoms with van der Waals surface area (Å²) in [5.74, 6) is 0.587. The summed E-state index contributed by atoms with van der Waals surface area (Å²) in [5, 5.41) is 13.8. The third-order valence-electron chi connectivity index (χ3n) is 3.87. The molecule has 1 aliphatic heterocycles. The third kappa shape index (κ3) is 4.43. The normalized spacial score (nSPS) is 14.4. The second-order valence-electron chi connectivity index (χ2n) is 5.79. The first-order valence-electron chi connectivity index (χ1n) is 8.43. The van der Waals surface area contributed by atoms with Crippen molar-refractivity contribution in [2.24, 2.45) is 0 Å². The summed E-state index contributed by atoms with van der Waals surface area (Å²) in [6, 6.07) is 12.4. The van der Waals surface area contributed by atoms with Crippen LogP contribution in [0.15, 0.2) is 42.1 Å². The van der Waals surface area contributed by atoms with Gasteiger partial charge in [-0.2, -0.15) is 5.26 Å². The molecule has 2 aromatic rings. The molecule has 0 spiro atoms. The molecule has 0 saturated carbocycles. The van der Waals surface area contributed by atoms with E-state index >= 15 is 0 Å². The average Bonchev–Trinajstić information content (AvgIpc) is 2.98. The van der Waals surface area contributed by atoms with E-state index in [1.165, 1.54) is 0 Å². The highest BCUT2D eigenvalue weighted by molar-refractivity contribution is 14.1. The molecule has 0 bridgehead atoms. The van der Waals surface area contributed by atoms with E-state index in [0.717, 1.165) is 9.13 Å². The van der Waals surface area contributed by atoms with E-state index in [1.807, 2.05) is 25.1 Å². The summed E-state index contributed by atoms with van der Waals surface area (Å²) in [4.78, 5) is 23.0. The van der Waals surface area contributed by atoms with Gasteiger partial charge in [-0.25, -0.2) is 4.79 Å². The molecule has 28 heavy (non-hydrogen) atoms. The first-order valence-corrected chi connectivity index (χ1v) is 9.51. The van der Waals surface area contributed by atoms with Crippen LogP contribution in [-0.2, 0) is 11.4 Å². The van der Waals surface area contributed by atoms with Crippen molar-refractivity contribution in [2.75, 3.05) is 6.61 Å². The Balaban J connectivity index is 1.89. The Labute approximate surface area is 175 Å². The van der Waals surface area contributed by atoms with Crippen LogP contribution in [0.4, 0.5) is 4.79 Å². The second-order valence-corrected chi connectivity index (χ2v) is 6.95. The minimum Gasteiger partial charge on any atom is -0.490 e. The Morgan fingerprint density at radius 3 is 2.64 bits per heavy atom. The molecular formula is C20H16IN3O4. The van der Waals surface area contributed by atoms with Crippen molar-refractivity contribution in [1.29, 1.82) is 5.26 Å². The fourth-order valence-electron chi connectivity index (χ4n) is 2.63. The molecule has 2 N–H and O–H groups in total. The maximum absolute atomic E-state index is 11.7. The highest BCUT2D eigenvalue weighted by atomic mass is 127. The van der Waals surface area contributed by atoms with Gasteiger partial charge in [0.05, 0.1) is 21.8 Å². The lowest BCUT2D eigenvalue weighted by Crippen LogP contribution is -2.22. The van der Waals surface area contributed by atoms with E-state index in [2.05, 4.69) is 39.3 Å². The van der Waals surface area contributed by atoms with E-state index < -0.39 is 11.9 Å². The van der Waals surface area contributed by atoms with E-state index in [1.54, 1.807) is 24.3 Å². The number of nitrogens with zero attached hydrogens (tertiary/aromatic N) is 1. The minimum atomic E-state index is -0.549. The molecule has 7 nitrogen and oxygen atoms in total. The largest absolute Gasteiger partial charge is 0.490 e. The second kappa shape index (κ2) is 8.75. The minimum absolute atomic E-state index is 0.167. The fourth-order valence-corrected chi connectivity index (χ4v) is 3.41. The maximum Gasteiger partial charge on any atom is 0.326 e. The number of rotatable bonds is 6. The van der Waals surface area contributed by atoms with Gasteiger partial charge in [0.25, 0.3) is 5.91 Å². The zero-order chi connectivity index (χ0) is 20.1. The smallest absolute Gasteiger partial charge is 0.326 e. The molecule has 3 rings (SSSR count). The van der Waals surface area contributed by atoms with Crippen LogP contribution in [-0.4, -0.2) is 18.5 Å². The Hall–Kier alpha value is -3.06. The van der Waals surface area contributed by atoms with Crippen molar-refractivity contribution in [3.8, 4) is 17.6 Å². The molecule has 0 atom stereocenters. The maximum atomic E-state index is 11.7. The van der Waals surface area contributed by atoms with Gasteiger partial charge < -0.3 is 14.8 Å². The molecule has 0 aromatic heterocycles. The van der Waals surface area contributed by atoms with Crippen LogP contribution in [0.2, 0.25) is 0 Å². The van der Waals surface area contributed by atoms with Gasteiger partial charge in [0, 0.05) is 5.56 Å². The van der Waals surface area contributed by atoms with Crippen molar-refractivity contribution in [3.63, 3.8) is 0 Å². The number of hydrogen-bond acceptors (Lipinski definition) is 5. The third-order valence-corrected chi connectivity index (χ3v) is 4.67. The number of hydrogen-bond donors (Lipinski definition) is 2. The first kappa shape index (κ1) is 19.7. The van der Waals surface area contributed by atoms with Crippen molar-refractivity contribution in [1.82, 2.24) is 10.6 Å². The molecule has 1 saturated heterocycles. The lowest BCUT2D eigenvalue weighted by atomic mass is 10.1. The molecule has 0 unspecified atom stereocenters. The summed E-state index contributed by atoms with van der Waals surface area (Å²) in [7, 11) is 0. The van der Waals surface area contributed by atoms with Gasteiger partial charge >= 0.3 is 6.03 Å². The van der Waals surface area contributed by atoms with Gasteiger partial charge in [0.1, 0.15) is 12.3 Å². The van der Waals surface area contributed by atoms with Crippen molar-refractivity contribution in [3.05, 3.63) is 62.4 Å². The Bertz CT molecular complexity index is 1010. The van der Waals surface area contributed by atoms with Gasteiger partial charge in [-0.05, 0) is 59.4 Å². The number of carbonyl (C=O) groups is 2. The van der Waals surface area contributed by atoms with Gasteiger partial charge in [0.2, 0.25) is 0 Å². The Kier molecular flexibility index (Phi) is 6.16. The molecule has 0 radical (unpaired) electrons. The molecule has 3 amide bonds. The van der Waals surface area contributed by atoms with Crippen molar-refractivity contribution >= 4 is 40.6 Å². The quantitative estimate of drug-likeness (QED) is 0.369. The number of nitrogens with one attached hydrogen (secondary N) is 2. The molecule has 0 aliphatic carbocycles. The van der Waals surface area contributed by atoms with Crippen LogP contribution in [0.25, 0.3) is 6.08 Å². The predicted molar refractivity (Wildman–Crippen MR) is 110 cm³/mol. The van der Waals surface area contributed by atoms with Crippen LogP contribution < -0.4 is 20.1 Å². The highest BCUT2D eigenvalue weighted by Gasteiger charge is 2.23. The van der Waals surface area contributed by atoms with Gasteiger partial charge in [-0.15, -0.1) is 0 Å². The number of benzene rings is 2. The van der Waals surface area contributed by atoms with Crippen molar-refractivity contribution < 1.29 is 19.1 Å². The summed E-state index contributed by atoms with van der Waals surface area (Å²) < 4.78 is 12.4. The fraction of sp³-hybridized carbons (Fsp3) is 0.150. The van der Waals surface area contributed by atoms with Crippen LogP contribution in [0.5, 0.6) is 11.5 Å². The summed E-state index contributed by atoms with van der Waals surface area (Å²) in [6.45, 7) is 2.51. The Morgan fingerprint density at radius 2 is 1.96 bits per heavy atom. The Morgan fingerprint density at radius 1 is 1.18 bits per heavy atom. The molecule has 2 aromatic carbocycles. The number of ether oxygens (including phenoxy) is 2. The van der Waals surface area contributed by atoms with E-state index in [4.69, 9.17) is 9.47 Å². The molecule has 1 aliphatic rings. The predicted octanol–water partition coefficient (Wildman–Crippen LogP) is 3.32. The standard InChI is InChI=1S/C20H16IN3O4/c1-2-27-17-9-12(8-16-19(25)24-20(26)23-16)7-15(21)18(17)28-11-14-6-4-3-5-13(14)10-22/h3-9H,2,11H2,1H3,(H2,23,24,25,26). The van der Waals surface area contributed by atoms with Crippen LogP contribution in [0, 0.1) is 14.9 Å². The van der Waals surface area contributed by atoms with E-state index in [0.29, 0.717) is 29.2 Å². The zero-order valence-corrected chi connectivity index (χ0v) is 17.1. The SMILES string of the molecule is CCOc1cc(C=C2NC(=O)NC2=O)cc(I)c1OCc1ccccc1C#N. The summed E-state index contributed by atoms with van der Waals surface area (Å²) >= 11 is 2.12. The lowest BCUT2D eigenvalue weighted by molar-refractivity contribution is -0.115. The monoisotopic (exact) mass is 489 g/mol. The average molecular weight is 489 g/mol. The number of imide groups is 1. The zero-order valence-electron chi connectivity index (χ0n) is 14.9. The summed E-state index contributed by atoms with van der Waals surface area (Å²) in [5.41, 5.74) is 2.18.